The van der Waals surface area contributed by atoms with E-state index in [2.05, 4.69) is 20.8 Å². The fourth-order valence-electron chi connectivity index (χ4n) is 0. The molecule has 0 spiro atoms. The maximum Gasteiger partial charge on any atom is -0.00285 e. The molecular weight excluding hydrogens is 152 g/mol. The zero-order valence-electron chi connectivity index (χ0n) is 7.31. The number of rotatable bonds is 0. The van der Waals surface area contributed by atoms with Crippen LogP contribution in [0.15, 0.2) is 0 Å². The van der Waals surface area contributed by atoms with Gasteiger partial charge in [-0.05, 0) is 12.0 Å². The van der Waals surface area contributed by atoms with Gasteiger partial charge in [0, 0.05) is 0 Å². The van der Waals surface area contributed by atoms with Crippen molar-refractivity contribution in [1.82, 2.24) is 18.5 Å². The summed E-state index contributed by atoms with van der Waals surface area (Å²) in [5.74, 6) is 0. The Labute approximate surface area is 70.1 Å². The van der Waals surface area contributed by atoms with E-state index in [1.807, 2.05) is 0 Å². The lowest BCUT2D eigenvalue weighted by molar-refractivity contribution is 0.428. The maximum absolute atomic E-state index is 5.31. The van der Waals surface area contributed by atoms with E-state index in [0.29, 0.717) is 5.41 Å². The van der Waals surface area contributed by atoms with Crippen molar-refractivity contribution < 1.29 is 0 Å². The molecule has 0 unspecified atom stereocenters. The van der Waals surface area contributed by atoms with Gasteiger partial charge in [0.15, 0.2) is 0 Å². The summed E-state index contributed by atoms with van der Waals surface area (Å²) in [6.45, 7) is 7.12. The van der Waals surface area contributed by atoms with Gasteiger partial charge in [0.1, 0.15) is 0 Å². The first-order valence-electron chi connectivity index (χ1n) is 2.26. The number of hydrogen-bond donors (Lipinski definition) is 4. The third-order valence-corrected chi connectivity index (χ3v) is 0.612. The third kappa shape index (κ3) is 42.2. The molecule has 0 saturated heterocycles. The van der Waals surface area contributed by atoms with Crippen LogP contribution in [0, 0.1) is 5.41 Å². The predicted octanol–water partition coefficient (Wildman–Crippen LogP) is 1.90. The Hall–Kier alpha value is 0.130. The van der Waals surface area contributed by atoms with Gasteiger partial charge in [0.2, 0.25) is 0 Å². The van der Waals surface area contributed by atoms with Crippen LogP contribution in [0.2, 0.25) is 0 Å². The summed E-state index contributed by atoms with van der Waals surface area (Å²) in [5.41, 5.74) is 5.62. The summed E-state index contributed by atoms with van der Waals surface area (Å²) in [7, 11) is 0. The number of nitrogens with two attached hydrogens (primary N) is 1. The lowest BCUT2D eigenvalue weighted by Crippen LogP contribution is -2.18. The topological polar surface area (TPSA) is 131 Å². The van der Waals surface area contributed by atoms with E-state index in [1.54, 1.807) is 0 Å². The lowest BCUT2D eigenvalue weighted by Gasteiger charge is -2.12. The summed E-state index contributed by atoms with van der Waals surface area (Å²) in [4.78, 5) is 0. The molecule has 11 N–H and O–H groups in total. The van der Waals surface area contributed by atoms with Gasteiger partial charge in [0.25, 0.3) is 0 Å². The quantitative estimate of drug-likeness (QED) is 0.447. The van der Waals surface area contributed by atoms with Crippen molar-refractivity contribution in [2.75, 3.05) is 6.54 Å². The highest BCUT2D eigenvalue weighted by Crippen LogP contribution is 2.07. The second kappa shape index (κ2) is 11.9. The van der Waals surface area contributed by atoms with E-state index < -0.39 is 0 Å². The van der Waals surface area contributed by atoms with Gasteiger partial charge in [0.05, 0.1) is 0 Å². The van der Waals surface area contributed by atoms with E-state index in [0.717, 1.165) is 6.54 Å². The Morgan fingerprint density at radius 2 is 1.10 bits per heavy atom. The molecule has 0 rings (SSSR count). The molecule has 5 heteroatoms. The monoisotopic (exact) mass is 174 g/mol. The molecule has 0 aliphatic heterocycles. The summed E-state index contributed by atoms with van der Waals surface area (Å²) < 4.78 is 0. The number of hydrogen-bond acceptors (Lipinski definition) is 4. The molecule has 0 aromatic rings. The third-order valence-electron chi connectivity index (χ3n) is 0.612. The standard InChI is InChI=1S/C5H13N.ClH.3H3N/c1-5(2,3)4-6;;;;/h4,6H2,1-3H3;1H;3*1H3. The van der Waals surface area contributed by atoms with E-state index in [-0.39, 0.29) is 30.9 Å². The largest absolute Gasteiger partial charge is 0.344 e. The van der Waals surface area contributed by atoms with Gasteiger partial charge in [-0.1, -0.05) is 20.8 Å². The molecule has 0 fully saturated rings. The second-order valence-corrected chi connectivity index (χ2v) is 2.76. The Morgan fingerprint density at radius 3 is 1.10 bits per heavy atom. The molecule has 0 bridgehead atoms. The van der Waals surface area contributed by atoms with E-state index in [1.165, 1.54) is 0 Å². The smallest absolute Gasteiger partial charge is 0.00285 e. The molecule has 0 atom stereocenters. The fourth-order valence-corrected chi connectivity index (χ4v) is 0. The van der Waals surface area contributed by atoms with Crippen LogP contribution in [-0.2, 0) is 0 Å². The van der Waals surface area contributed by atoms with Crippen LogP contribution >= 0.6 is 12.4 Å². The van der Waals surface area contributed by atoms with E-state index in [4.69, 9.17) is 5.73 Å². The van der Waals surface area contributed by atoms with Gasteiger partial charge < -0.3 is 24.2 Å². The minimum atomic E-state index is 0. The summed E-state index contributed by atoms with van der Waals surface area (Å²) in [6, 6.07) is 0. The Kier molecular flexibility index (Phi) is 38.1. The number of halogens is 1. The van der Waals surface area contributed by atoms with Crippen molar-refractivity contribution in [3.63, 3.8) is 0 Å². The molecule has 0 heterocycles. The molecule has 0 aliphatic rings. The van der Waals surface area contributed by atoms with Crippen molar-refractivity contribution in [1.29, 1.82) is 0 Å². The molecule has 0 aliphatic carbocycles. The summed E-state index contributed by atoms with van der Waals surface area (Å²) in [5, 5.41) is 0. The summed E-state index contributed by atoms with van der Waals surface area (Å²) in [6.07, 6.45) is 0. The van der Waals surface area contributed by atoms with Crippen molar-refractivity contribution in [2.24, 2.45) is 11.1 Å². The van der Waals surface area contributed by atoms with Crippen LogP contribution < -0.4 is 24.2 Å². The van der Waals surface area contributed by atoms with Gasteiger partial charge >= 0.3 is 0 Å². The average Bonchev–Trinajstić information content (AvgIpc) is 1.35. The SMILES string of the molecule is CC(C)(C)CN.Cl.N.N.N. The average molecular weight is 175 g/mol. The van der Waals surface area contributed by atoms with E-state index >= 15 is 0 Å². The Bertz CT molecular complexity index is 43.4. The van der Waals surface area contributed by atoms with Crippen LogP contribution in [0.1, 0.15) is 20.8 Å². The van der Waals surface area contributed by atoms with Gasteiger partial charge in [-0.3, -0.25) is 0 Å². The lowest BCUT2D eigenvalue weighted by atomic mass is 9.98. The highest BCUT2D eigenvalue weighted by Gasteiger charge is 2.03. The molecular formula is C5H23ClN4. The fraction of sp³-hybridized carbons (Fsp3) is 1.00. The first-order valence-corrected chi connectivity index (χ1v) is 2.26. The highest BCUT2D eigenvalue weighted by atomic mass is 35.5. The molecule has 0 saturated carbocycles. The zero-order valence-corrected chi connectivity index (χ0v) is 8.13. The van der Waals surface area contributed by atoms with Crippen molar-refractivity contribution in [3.8, 4) is 0 Å². The second-order valence-electron chi connectivity index (χ2n) is 2.76. The van der Waals surface area contributed by atoms with Crippen LogP contribution in [-0.4, -0.2) is 6.54 Å². The molecule has 0 radical (unpaired) electrons. The molecule has 0 amide bonds. The molecule has 4 nitrogen and oxygen atoms in total. The molecule has 10 heavy (non-hydrogen) atoms. The van der Waals surface area contributed by atoms with Gasteiger partial charge in [-0.15, -0.1) is 12.4 Å². The zero-order chi connectivity index (χ0) is 5.21. The predicted molar refractivity (Wildman–Crippen MR) is 50.8 cm³/mol. The minimum absolute atomic E-state index is 0. The van der Waals surface area contributed by atoms with Crippen molar-refractivity contribution in [3.05, 3.63) is 0 Å². The normalized spacial score (nSPS) is 7.20. The Balaban J connectivity index is -0.0000000208. The van der Waals surface area contributed by atoms with Gasteiger partial charge in [-0.2, -0.15) is 0 Å². The minimum Gasteiger partial charge on any atom is -0.344 e. The Morgan fingerprint density at radius 1 is 1.00 bits per heavy atom. The van der Waals surface area contributed by atoms with E-state index in [9.17, 15) is 0 Å². The van der Waals surface area contributed by atoms with Crippen LogP contribution in [0.4, 0.5) is 0 Å². The molecule has 0 aromatic heterocycles. The van der Waals surface area contributed by atoms with Gasteiger partial charge in [-0.25, -0.2) is 0 Å². The van der Waals surface area contributed by atoms with Crippen LogP contribution in [0.25, 0.3) is 0 Å². The van der Waals surface area contributed by atoms with Crippen LogP contribution in [0.5, 0.6) is 0 Å². The van der Waals surface area contributed by atoms with Crippen molar-refractivity contribution in [2.45, 2.75) is 20.8 Å². The maximum atomic E-state index is 5.31. The summed E-state index contributed by atoms with van der Waals surface area (Å²) >= 11 is 0. The molecule has 0 aromatic carbocycles. The first-order chi connectivity index (χ1) is 2.56. The highest BCUT2D eigenvalue weighted by molar-refractivity contribution is 5.85. The van der Waals surface area contributed by atoms with Crippen molar-refractivity contribution >= 4 is 12.4 Å². The molecule has 70 valence electrons. The first kappa shape index (κ1) is 32.1. The van der Waals surface area contributed by atoms with Crippen LogP contribution in [0.3, 0.4) is 0 Å².